The average molecular weight is 356 g/mol. The SMILES string of the molecule is O=C(C[C@H]1C(=O)OC[C@@H]2CCCCN21)Nc1ccccc1C(F)(F)F. The molecule has 3 rings (SSSR count). The minimum atomic E-state index is -4.56. The van der Waals surface area contributed by atoms with Crippen molar-refractivity contribution in [2.45, 2.75) is 43.9 Å². The van der Waals surface area contributed by atoms with Gasteiger partial charge >= 0.3 is 12.1 Å². The number of hydrogen-bond donors (Lipinski definition) is 1. The van der Waals surface area contributed by atoms with Crippen molar-refractivity contribution in [3.05, 3.63) is 29.8 Å². The number of nitrogens with one attached hydrogen (secondary N) is 1. The Morgan fingerprint density at radius 1 is 1.28 bits per heavy atom. The highest BCUT2D eigenvalue weighted by atomic mass is 19.4. The third-order valence-corrected chi connectivity index (χ3v) is 4.65. The van der Waals surface area contributed by atoms with Crippen LogP contribution in [0.1, 0.15) is 31.2 Å². The number of esters is 1. The molecule has 2 aliphatic heterocycles. The van der Waals surface area contributed by atoms with Gasteiger partial charge in [-0.25, -0.2) is 0 Å². The number of ether oxygens (including phenoxy) is 1. The van der Waals surface area contributed by atoms with E-state index >= 15 is 0 Å². The molecule has 2 saturated heterocycles. The first-order valence-electron chi connectivity index (χ1n) is 8.24. The first-order chi connectivity index (χ1) is 11.9. The van der Waals surface area contributed by atoms with E-state index in [0.717, 1.165) is 25.3 Å². The zero-order valence-corrected chi connectivity index (χ0v) is 13.5. The second-order valence-electron chi connectivity index (χ2n) is 6.33. The molecule has 2 heterocycles. The van der Waals surface area contributed by atoms with Gasteiger partial charge in [0.15, 0.2) is 0 Å². The molecule has 2 aliphatic rings. The Morgan fingerprint density at radius 3 is 2.80 bits per heavy atom. The number of amides is 1. The van der Waals surface area contributed by atoms with Crippen LogP contribution in [0.15, 0.2) is 24.3 Å². The summed E-state index contributed by atoms with van der Waals surface area (Å²) in [7, 11) is 0. The molecule has 0 unspecified atom stereocenters. The Morgan fingerprint density at radius 2 is 2.04 bits per heavy atom. The van der Waals surface area contributed by atoms with Gasteiger partial charge in [-0.1, -0.05) is 18.6 Å². The van der Waals surface area contributed by atoms with Crippen LogP contribution in [0.3, 0.4) is 0 Å². The van der Waals surface area contributed by atoms with Gasteiger partial charge in [0.25, 0.3) is 0 Å². The van der Waals surface area contributed by atoms with Gasteiger partial charge in [-0.2, -0.15) is 13.2 Å². The fourth-order valence-corrected chi connectivity index (χ4v) is 3.44. The molecule has 25 heavy (non-hydrogen) atoms. The molecule has 0 saturated carbocycles. The van der Waals surface area contributed by atoms with Crippen LogP contribution in [0.4, 0.5) is 18.9 Å². The number of anilines is 1. The predicted molar refractivity (Wildman–Crippen MR) is 83.8 cm³/mol. The van der Waals surface area contributed by atoms with E-state index in [1.807, 2.05) is 4.90 Å². The maximum Gasteiger partial charge on any atom is 0.418 e. The van der Waals surface area contributed by atoms with E-state index < -0.39 is 29.7 Å². The van der Waals surface area contributed by atoms with Crippen molar-refractivity contribution in [1.29, 1.82) is 0 Å². The number of halogens is 3. The van der Waals surface area contributed by atoms with E-state index in [0.29, 0.717) is 13.2 Å². The number of para-hydroxylation sites is 1. The number of carbonyl (C=O) groups excluding carboxylic acids is 2. The maximum absolute atomic E-state index is 13.0. The van der Waals surface area contributed by atoms with Crippen molar-refractivity contribution >= 4 is 17.6 Å². The number of nitrogens with zero attached hydrogens (tertiary/aromatic N) is 1. The quantitative estimate of drug-likeness (QED) is 0.846. The van der Waals surface area contributed by atoms with Gasteiger partial charge in [0, 0.05) is 6.04 Å². The highest BCUT2D eigenvalue weighted by Crippen LogP contribution is 2.34. The van der Waals surface area contributed by atoms with Crippen molar-refractivity contribution in [3.63, 3.8) is 0 Å². The Hall–Kier alpha value is -2.09. The molecule has 1 N–H and O–H groups in total. The fourth-order valence-electron chi connectivity index (χ4n) is 3.44. The van der Waals surface area contributed by atoms with Crippen molar-refractivity contribution in [2.24, 2.45) is 0 Å². The molecule has 8 heteroatoms. The van der Waals surface area contributed by atoms with Crippen LogP contribution < -0.4 is 5.32 Å². The van der Waals surface area contributed by atoms with E-state index in [-0.39, 0.29) is 18.2 Å². The van der Waals surface area contributed by atoms with E-state index in [1.54, 1.807) is 0 Å². The molecule has 0 bridgehead atoms. The third kappa shape index (κ3) is 3.95. The minimum Gasteiger partial charge on any atom is -0.463 e. The second-order valence-corrected chi connectivity index (χ2v) is 6.33. The molecule has 1 aromatic carbocycles. The average Bonchev–Trinajstić information content (AvgIpc) is 2.57. The summed E-state index contributed by atoms with van der Waals surface area (Å²) in [5, 5.41) is 2.29. The van der Waals surface area contributed by atoms with E-state index in [9.17, 15) is 22.8 Å². The summed E-state index contributed by atoms with van der Waals surface area (Å²) < 4.78 is 44.2. The Balaban J connectivity index is 1.71. The van der Waals surface area contributed by atoms with E-state index in [4.69, 9.17) is 4.74 Å². The molecule has 5 nitrogen and oxygen atoms in total. The summed E-state index contributed by atoms with van der Waals surface area (Å²) in [6.07, 6.45) is -1.93. The Labute approximate surface area is 143 Å². The van der Waals surface area contributed by atoms with Crippen LogP contribution in [0, 0.1) is 0 Å². The lowest BCUT2D eigenvalue weighted by molar-refractivity contribution is -0.165. The zero-order valence-electron chi connectivity index (χ0n) is 13.5. The summed E-state index contributed by atoms with van der Waals surface area (Å²) in [6.45, 7) is 1.00. The lowest BCUT2D eigenvalue weighted by Gasteiger charge is -2.43. The Kier molecular flexibility index (Phi) is 4.99. The first-order valence-corrected chi connectivity index (χ1v) is 8.24. The molecule has 0 spiro atoms. The smallest absolute Gasteiger partial charge is 0.418 e. The van der Waals surface area contributed by atoms with Crippen molar-refractivity contribution in [1.82, 2.24) is 4.90 Å². The van der Waals surface area contributed by atoms with Crippen LogP contribution in [0.5, 0.6) is 0 Å². The van der Waals surface area contributed by atoms with Crippen LogP contribution in [0.25, 0.3) is 0 Å². The summed E-state index contributed by atoms with van der Waals surface area (Å²) in [5.41, 5.74) is -1.22. The number of fused-ring (bicyclic) bond motifs is 1. The minimum absolute atomic E-state index is 0.0895. The standard InChI is InChI=1S/C17H19F3N2O3/c18-17(19,20)12-6-1-2-7-13(12)21-15(23)9-14-16(24)25-10-11-5-3-4-8-22(11)14/h1-2,6-7,11,14H,3-5,8-10H2,(H,21,23)/t11-,14-/m0/s1. The number of rotatable bonds is 3. The molecule has 1 amide bonds. The largest absolute Gasteiger partial charge is 0.463 e. The van der Waals surface area contributed by atoms with Crippen LogP contribution in [-0.4, -0.2) is 42.0 Å². The van der Waals surface area contributed by atoms with Gasteiger partial charge in [-0.15, -0.1) is 0 Å². The molecule has 2 fully saturated rings. The van der Waals surface area contributed by atoms with Crippen molar-refractivity contribution in [2.75, 3.05) is 18.5 Å². The topological polar surface area (TPSA) is 58.6 Å². The van der Waals surface area contributed by atoms with Crippen molar-refractivity contribution in [3.8, 4) is 0 Å². The van der Waals surface area contributed by atoms with Gasteiger partial charge in [-0.3, -0.25) is 14.5 Å². The summed E-state index contributed by atoms with van der Waals surface area (Å²) in [4.78, 5) is 26.3. The molecule has 2 atom stereocenters. The molecule has 0 aromatic heterocycles. The second kappa shape index (κ2) is 7.03. The highest BCUT2D eigenvalue weighted by Gasteiger charge is 2.40. The molecular weight excluding hydrogens is 337 g/mol. The predicted octanol–water partition coefficient (Wildman–Crippen LogP) is 2.81. The fraction of sp³-hybridized carbons (Fsp3) is 0.529. The lowest BCUT2D eigenvalue weighted by Crippen LogP contribution is -2.57. The molecular formula is C17H19F3N2O3. The normalized spacial score (nSPS) is 24.4. The number of alkyl halides is 3. The van der Waals surface area contributed by atoms with Crippen LogP contribution in [0.2, 0.25) is 0 Å². The Bertz CT molecular complexity index is 663. The monoisotopic (exact) mass is 356 g/mol. The lowest BCUT2D eigenvalue weighted by atomic mass is 9.97. The van der Waals surface area contributed by atoms with Crippen molar-refractivity contribution < 1.29 is 27.5 Å². The zero-order chi connectivity index (χ0) is 18.0. The number of carbonyl (C=O) groups is 2. The number of morpholine rings is 1. The third-order valence-electron chi connectivity index (χ3n) is 4.65. The summed E-state index contributed by atoms with van der Waals surface area (Å²) >= 11 is 0. The van der Waals surface area contributed by atoms with Gasteiger partial charge in [0.05, 0.1) is 17.7 Å². The van der Waals surface area contributed by atoms with E-state index in [1.165, 1.54) is 18.2 Å². The molecule has 0 radical (unpaired) electrons. The van der Waals surface area contributed by atoms with E-state index in [2.05, 4.69) is 5.32 Å². The van der Waals surface area contributed by atoms with Gasteiger partial charge in [0.2, 0.25) is 5.91 Å². The number of hydrogen-bond acceptors (Lipinski definition) is 4. The molecule has 1 aromatic rings. The van der Waals surface area contributed by atoms with Crippen LogP contribution >= 0.6 is 0 Å². The van der Waals surface area contributed by atoms with Gasteiger partial charge < -0.3 is 10.1 Å². The maximum atomic E-state index is 13.0. The number of piperidine rings is 1. The van der Waals surface area contributed by atoms with Gasteiger partial charge in [0.1, 0.15) is 12.6 Å². The number of benzene rings is 1. The summed E-state index contributed by atoms with van der Waals surface area (Å²) in [6, 6.07) is 4.13. The molecule has 0 aliphatic carbocycles. The molecule has 136 valence electrons. The van der Waals surface area contributed by atoms with Crippen LogP contribution in [-0.2, 0) is 20.5 Å². The summed E-state index contributed by atoms with van der Waals surface area (Å²) in [5.74, 6) is -1.12. The highest BCUT2D eigenvalue weighted by molar-refractivity contribution is 5.95. The first kappa shape index (κ1) is 17.7. The number of cyclic esters (lactones) is 1. The van der Waals surface area contributed by atoms with Gasteiger partial charge in [-0.05, 0) is 31.5 Å².